The van der Waals surface area contributed by atoms with Crippen LogP contribution >= 0.6 is 0 Å². The Kier molecular flexibility index (Phi) is 4.57. The lowest BCUT2D eigenvalue weighted by molar-refractivity contribution is 1.33. The Bertz CT molecular complexity index is 615. The van der Waals surface area contributed by atoms with Crippen molar-refractivity contribution in [2.45, 2.75) is 6.92 Å². The van der Waals surface area contributed by atoms with Gasteiger partial charge in [0.2, 0.25) is 0 Å². The fourth-order valence-corrected chi connectivity index (χ4v) is 2.03. The van der Waals surface area contributed by atoms with Gasteiger partial charge in [0.25, 0.3) is 0 Å². The summed E-state index contributed by atoms with van der Waals surface area (Å²) < 4.78 is 0. The monoisotopic (exact) mass is 249 g/mol. The van der Waals surface area contributed by atoms with Crippen LogP contribution in [-0.2, 0) is 0 Å². The van der Waals surface area contributed by atoms with Gasteiger partial charge in [0.1, 0.15) is 0 Å². The summed E-state index contributed by atoms with van der Waals surface area (Å²) in [5.74, 6) is 0. The van der Waals surface area contributed by atoms with Gasteiger partial charge in [-0.2, -0.15) is 0 Å². The highest BCUT2D eigenvalue weighted by Crippen LogP contribution is 2.22. The van der Waals surface area contributed by atoms with Crippen molar-refractivity contribution in [1.29, 1.82) is 0 Å². The first-order valence-electron chi connectivity index (χ1n) is 6.49. The maximum atomic E-state index is 3.68. The first kappa shape index (κ1) is 13.2. The molecule has 0 aliphatic rings. The summed E-state index contributed by atoms with van der Waals surface area (Å²) >= 11 is 0. The van der Waals surface area contributed by atoms with Crippen LogP contribution in [0.4, 0.5) is 5.69 Å². The van der Waals surface area contributed by atoms with Crippen molar-refractivity contribution in [3.63, 3.8) is 0 Å². The molecule has 0 atom stereocenters. The maximum Gasteiger partial charge on any atom is 0.0422 e. The minimum atomic E-state index is 0.816. The van der Waals surface area contributed by atoms with E-state index in [1.54, 1.807) is 6.08 Å². The summed E-state index contributed by atoms with van der Waals surface area (Å²) in [5.41, 5.74) is 2.38. The van der Waals surface area contributed by atoms with Crippen LogP contribution in [0.2, 0.25) is 0 Å². The van der Waals surface area contributed by atoms with Crippen LogP contribution in [0, 0.1) is 0 Å². The SMILES string of the molecule is C=C/C=C(C)\C=C/CNc1cccc2ccccc12. The molecule has 0 aliphatic carbocycles. The molecule has 2 aromatic carbocycles. The minimum absolute atomic E-state index is 0.816. The van der Waals surface area contributed by atoms with E-state index in [9.17, 15) is 0 Å². The van der Waals surface area contributed by atoms with Gasteiger partial charge in [-0.3, -0.25) is 0 Å². The molecule has 1 heteroatoms. The number of allylic oxidation sites excluding steroid dienone is 4. The summed E-state index contributed by atoms with van der Waals surface area (Å²) in [7, 11) is 0. The number of hydrogen-bond acceptors (Lipinski definition) is 1. The predicted octanol–water partition coefficient (Wildman–Crippen LogP) is 4.94. The van der Waals surface area contributed by atoms with Gasteiger partial charge in [-0.1, -0.05) is 72.9 Å². The van der Waals surface area contributed by atoms with Crippen molar-refractivity contribution in [1.82, 2.24) is 0 Å². The molecule has 0 aliphatic heterocycles. The summed E-state index contributed by atoms with van der Waals surface area (Å²) in [6.07, 6.45) is 8.02. The van der Waals surface area contributed by atoms with Gasteiger partial charge >= 0.3 is 0 Å². The third-order valence-electron chi connectivity index (χ3n) is 2.96. The quantitative estimate of drug-likeness (QED) is 0.740. The highest BCUT2D eigenvalue weighted by Gasteiger charge is 1.97. The molecule has 0 spiro atoms. The zero-order valence-electron chi connectivity index (χ0n) is 11.3. The number of hydrogen-bond donors (Lipinski definition) is 1. The molecule has 0 saturated heterocycles. The fourth-order valence-electron chi connectivity index (χ4n) is 2.03. The van der Waals surface area contributed by atoms with Crippen molar-refractivity contribution in [3.05, 3.63) is 78.9 Å². The molecule has 1 nitrogen and oxygen atoms in total. The van der Waals surface area contributed by atoms with Crippen LogP contribution < -0.4 is 5.32 Å². The number of nitrogens with one attached hydrogen (secondary N) is 1. The smallest absolute Gasteiger partial charge is 0.0422 e. The second-order valence-corrected chi connectivity index (χ2v) is 4.46. The Morgan fingerprint density at radius 2 is 1.95 bits per heavy atom. The van der Waals surface area contributed by atoms with E-state index in [-0.39, 0.29) is 0 Å². The van der Waals surface area contributed by atoms with Crippen LogP contribution in [0.3, 0.4) is 0 Å². The van der Waals surface area contributed by atoms with Crippen LogP contribution in [0.1, 0.15) is 6.92 Å². The van der Waals surface area contributed by atoms with Crippen molar-refractivity contribution in [3.8, 4) is 0 Å². The molecular formula is C18H19N. The largest absolute Gasteiger partial charge is 0.381 e. The Labute approximate surface area is 115 Å². The van der Waals surface area contributed by atoms with E-state index in [0.717, 1.165) is 6.54 Å². The Hall–Kier alpha value is -2.28. The lowest BCUT2D eigenvalue weighted by atomic mass is 10.1. The van der Waals surface area contributed by atoms with E-state index >= 15 is 0 Å². The molecule has 2 rings (SSSR count). The maximum absolute atomic E-state index is 3.68. The molecule has 96 valence electrons. The van der Waals surface area contributed by atoms with E-state index in [1.807, 2.05) is 6.08 Å². The molecule has 19 heavy (non-hydrogen) atoms. The van der Waals surface area contributed by atoms with Gasteiger partial charge in [-0.15, -0.1) is 0 Å². The molecule has 2 aromatic rings. The van der Waals surface area contributed by atoms with Crippen molar-refractivity contribution < 1.29 is 0 Å². The second-order valence-electron chi connectivity index (χ2n) is 4.46. The number of anilines is 1. The zero-order chi connectivity index (χ0) is 13.5. The lowest BCUT2D eigenvalue weighted by Gasteiger charge is -2.07. The minimum Gasteiger partial charge on any atom is -0.381 e. The van der Waals surface area contributed by atoms with E-state index in [2.05, 4.69) is 73.4 Å². The summed E-state index contributed by atoms with van der Waals surface area (Å²) in [4.78, 5) is 0. The van der Waals surface area contributed by atoms with Crippen LogP contribution in [0.15, 0.2) is 78.9 Å². The molecule has 0 amide bonds. The average molecular weight is 249 g/mol. The Balaban J connectivity index is 2.06. The van der Waals surface area contributed by atoms with Crippen molar-refractivity contribution >= 4 is 16.5 Å². The van der Waals surface area contributed by atoms with Gasteiger partial charge in [-0.25, -0.2) is 0 Å². The molecule has 1 N–H and O–H groups in total. The first-order valence-corrected chi connectivity index (χ1v) is 6.49. The van der Waals surface area contributed by atoms with Gasteiger partial charge in [0.15, 0.2) is 0 Å². The molecule has 0 fully saturated rings. The van der Waals surface area contributed by atoms with E-state index in [4.69, 9.17) is 0 Å². The molecule has 0 unspecified atom stereocenters. The average Bonchev–Trinajstić information content (AvgIpc) is 2.44. The van der Waals surface area contributed by atoms with Crippen LogP contribution in [0.25, 0.3) is 10.8 Å². The third kappa shape index (κ3) is 3.59. The number of rotatable bonds is 5. The predicted molar refractivity (Wildman–Crippen MR) is 85.5 cm³/mol. The van der Waals surface area contributed by atoms with E-state index in [0.29, 0.717) is 0 Å². The van der Waals surface area contributed by atoms with Gasteiger partial charge in [0.05, 0.1) is 0 Å². The number of benzene rings is 2. The summed E-state index contributed by atoms with van der Waals surface area (Å²) in [6, 6.07) is 14.7. The van der Waals surface area contributed by atoms with Crippen LogP contribution in [0.5, 0.6) is 0 Å². The van der Waals surface area contributed by atoms with Gasteiger partial charge in [-0.05, 0) is 18.4 Å². The van der Waals surface area contributed by atoms with Crippen molar-refractivity contribution in [2.75, 3.05) is 11.9 Å². The molecule has 0 saturated carbocycles. The molecule has 0 heterocycles. The van der Waals surface area contributed by atoms with E-state index < -0.39 is 0 Å². The standard InChI is InChI=1S/C18H19N/c1-3-8-15(2)9-7-14-19-18-13-6-11-16-10-4-5-12-17(16)18/h3-13,19H,1,14H2,2H3/b9-7-,15-8-. The topological polar surface area (TPSA) is 12.0 Å². The normalized spacial score (nSPS) is 11.9. The lowest BCUT2D eigenvalue weighted by Crippen LogP contribution is -1.98. The highest BCUT2D eigenvalue weighted by atomic mass is 14.9. The highest BCUT2D eigenvalue weighted by molar-refractivity contribution is 5.93. The summed E-state index contributed by atoms with van der Waals surface area (Å²) in [6.45, 7) is 6.57. The first-order chi connectivity index (χ1) is 9.31. The zero-order valence-corrected chi connectivity index (χ0v) is 11.3. The van der Waals surface area contributed by atoms with Crippen LogP contribution in [-0.4, -0.2) is 6.54 Å². The van der Waals surface area contributed by atoms with Gasteiger partial charge in [0, 0.05) is 17.6 Å². The van der Waals surface area contributed by atoms with Crippen molar-refractivity contribution in [2.24, 2.45) is 0 Å². The molecular weight excluding hydrogens is 230 g/mol. The molecule has 0 radical (unpaired) electrons. The Morgan fingerprint density at radius 1 is 1.16 bits per heavy atom. The fraction of sp³-hybridized carbons (Fsp3) is 0.111. The summed E-state index contributed by atoms with van der Waals surface area (Å²) in [5, 5.41) is 5.97. The number of fused-ring (bicyclic) bond motifs is 1. The third-order valence-corrected chi connectivity index (χ3v) is 2.96. The molecule has 0 bridgehead atoms. The molecule has 0 aromatic heterocycles. The van der Waals surface area contributed by atoms with Gasteiger partial charge < -0.3 is 5.32 Å². The second kappa shape index (κ2) is 6.60. The van der Waals surface area contributed by atoms with E-state index in [1.165, 1.54) is 22.0 Å². The Morgan fingerprint density at radius 3 is 2.79 bits per heavy atom.